The largest absolute Gasteiger partial charge is 1.00 e. The van der Waals surface area contributed by atoms with Crippen molar-refractivity contribution in [3.8, 4) is 0 Å². The SMILES string of the molecule is CCC1(C)[NH2+]C(=O)NC1=O.[Br-].[Br-]. The number of amides is 3. The number of hydrogen-bond acceptors (Lipinski definition) is 2. The Bertz CT molecular complexity index is 198. The number of nitrogens with one attached hydrogen (secondary N) is 1. The highest BCUT2D eigenvalue weighted by atomic mass is 79.9. The van der Waals surface area contributed by atoms with Gasteiger partial charge in [-0.05, 0) is 0 Å². The molecule has 3 N–H and O–H groups in total. The molecule has 1 aliphatic rings. The maximum atomic E-state index is 11.0. The first-order valence-corrected chi connectivity index (χ1v) is 3.30. The second-order valence-electron chi connectivity index (χ2n) is 2.73. The molecular weight excluding hydrogens is 292 g/mol. The number of imide groups is 1. The summed E-state index contributed by atoms with van der Waals surface area (Å²) >= 11 is 0. The molecule has 1 fully saturated rings. The summed E-state index contributed by atoms with van der Waals surface area (Å²) < 4.78 is 0. The molecule has 3 amide bonds. The number of hydrogen-bond donors (Lipinski definition) is 2. The summed E-state index contributed by atoms with van der Waals surface area (Å²) in [5, 5.41) is 3.66. The fourth-order valence-corrected chi connectivity index (χ4v) is 0.908. The molecule has 1 atom stereocenters. The van der Waals surface area contributed by atoms with Crippen molar-refractivity contribution in [1.82, 2.24) is 5.32 Å². The molecule has 1 rings (SSSR count). The Morgan fingerprint density at radius 3 is 2.08 bits per heavy atom. The van der Waals surface area contributed by atoms with Gasteiger partial charge in [0.05, 0.1) is 0 Å². The molecule has 0 saturated carbocycles. The number of halogens is 2. The molecular formula is C6H11Br2N2O2-. The van der Waals surface area contributed by atoms with E-state index in [2.05, 4.69) is 5.32 Å². The second-order valence-corrected chi connectivity index (χ2v) is 2.73. The van der Waals surface area contributed by atoms with Gasteiger partial charge in [-0.25, -0.2) is 10.1 Å². The molecule has 0 aromatic heterocycles. The summed E-state index contributed by atoms with van der Waals surface area (Å²) in [6.45, 7) is 3.64. The number of quaternary nitrogens is 1. The predicted octanol–water partition coefficient (Wildman–Crippen LogP) is -7.02. The van der Waals surface area contributed by atoms with Crippen LogP contribution in [0.15, 0.2) is 0 Å². The normalized spacial score (nSPS) is 27.2. The number of urea groups is 1. The highest BCUT2D eigenvalue weighted by Gasteiger charge is 2.45. The molecule has 0 aliphatic carbocycles. The molecule has 1 heterocycles. The molecule has 12 heavy (non-hydrogen) atoms. The number of rotatable bonds is 1. The van der Waals surface area contributed by atoms with Crippen molar-refractivity contribution >= 4 is 11.9 Å². The van der Waals surface area contributed by atoms with E-state index in [0.717, 1.165) is 0 Å². The first-order chi connectivity index (χ1) is 4.58. The fraction of sp³-hybridized carbons (Fsp3) is 0.667. The first kappa shape index (κ1) is 14.6. The fourth-order valence-electron chi connectivity index (χ4n) is 0.908. The maximum Gasteiger partial charge on any atom is 0.420 e. The summed E-state index contributed by atoms with van der Waals surface area (Å²) in [5.74, 6) is -0.181. The van der Waals surface area contributed by atoms with Gasteiger partial charge in [-0.15, -0.1) is 0 Å². The monoisotopic (exact) mass is 301 g/mol. The van der Waals surface area contributed by atoms with Crippen LogP contribution in [-0.2, 0) is 4.79 Å². The molecule has 4 nitrogen and oxygen atoms in total. The van der Waals surface area contributed by atoms with Crippen molar-refractivity contribution in [3.05, 3.63) is 0 Å². The molecule has 1 saturated heterocycles. The Balaban J connectivity index is 0. The van der Waals surface area contributed by atoms with Gasteiger partial charge in [0.15, 0.2) is 5.54 Å². The van der Waals surface area contributed by atoms with Crippen LogP contribution in [0.4, 0.5) is 4.79 Å². The van der Waals surface area contributed by atoms with E-state index in [1.54, 1.807) is 6.92 Å². The zero-order valence-electron chi connectivity index (χ0n) is 6.86. The summed E-state index contributed by atoms with van der Waals surface area (Å²) in [4.78, 5) is 21.6. The van der Waals surface area contributed by atoms with Gasteiger partial charge in [-0.1, -0.05) is 6.92 Å². The van der Waals surface area contributed by atoms with E-state index in [9.17, 15) is 9.59 Å². The van der Waals surface area contributed by atoms with E-state index in [0.29, 0.717) is 6.42 Å². The van der Waals surface area contributed by atoms with Crippen molar-refractivity contribution in [2.45, 2.75) is 25.8 Å². The van der Waals surface area contributed by atoms with E-state index < -0.39 is 5.54 Å². The molecule has 1 unspecified atom stereocenters. The van der Waals surface area contributed by atoms with E-state index in [-0.39, 0.29) is 45.9 Å². The molecule has 0 radical (unpaired) electrons. The summed E-state index contributed by atoms with van der Waals surface area (Å²) in [6.07, 6.45) is 0.671. The lowest BCUT2D eigenvalue weighted by molar-refractivity contribution is -0.608. The van der Waals surface area contributed by atoms with Gasteiger partial charge in [0.1, 0.15) is 0 Å². The number of primary amides is 1. The van der Waals surface area contributed by atoms with Gasteiger partial charge in [-0.3, -0.25) is 10.1 Å². The lowest BCUT2D eigenvalue weighted by Gasteiger charge is -2.11. The van der Waals surface area contributed by atoms with Gasteiger partial charge in [-0.2, -0.15) is 0 Å². The number of carbonyl (C=O) groups is 2. The predicted molar refractivity (Wildman–Crippen MR) is 34.2 cm³/mol. The summed E-state index contributed by atoms with van der Waals surface area (Å²) in [7, 11) is 0. The Hall–Kier alpha value is 0.0600. The minimum atomic E-state index is -0.558. The van der Waals surface area contributed by atoms with Crippen LogP contribution in [0.2, 0.25) is 0 Å². The van der Waals surface area contributed by atoms with Gasteiger partial charge in [0.25, 0.3) is 5.91 Å². The van der Waals surface area contributed by atoms with Crippen molar-refractivity contribution in [2.75, 3.05) is 0 Å². The average molecular weight is 303 g/mol. The van der Waals surface area contributed by atoms with Crippen LogP contribution < -0.4 is 44.6 Å². The average Bonchev–Trinajstić information content (AvgIpc) is 2.09. The van der Waals surface area contributed by atoms with Crippen molar-refractivity contribution in [1.29, 1.82) is 0 Å². The third kappa shape index (κ3) is 2.53. The smallest absolute Gasteiger partial charge is 0.420 e. The highest BCUT2D eigenvalue weighted by Crippen LogP contribution is 2.05. The van der Waals surface area contributed by atoms with Crippen molar-refractivity contribution in [3.63, 3.8) is 0 Å². The Kier molecular flexibility index (Phi) is 5.99. The van der Waals surface area contributed by atoms with Crippen LogP contribution in [0, 0.1) is 0 Å². The molecule has 1 aliphatic heterocycles. The van der Waals surface area contributed by atoms with Gasteiger partial charge in [0.2, 0.25) is 0 Å². The van der Waals surface area contributed by atoms with Crippen LogP contribution in [0.25, 0.3) is 0 Å². The molecule has 0 aromatic rings. The van der Waals surface area contributed by atoms with E-state index >= 15 is 0 Å². The van der Waals surface area contributed by atoms with Gasteiger partial charge in [0, 0.05) is 13.3 Å². The zero-order chi connectivity index (χ0) is 7.78. The standard InChI is InChI=1S/C6H10N2O2.2BrH/c1-3-6(2)4(9)7-5(10)8-6;;/h3H2,1-2H3,(H2,7,8,9,10);2*1H/p-1. The van der Waals surface area contributed by atoms with E-state index in [4.69, 9.17) is 0 Å². The second kappa shape index (κ2) is 4.94. The van der Waals surface area contributed by atoms with Crippen LogP contribution in [0.3, 0.4) is 0 Å². The number of carbonyl (C=O) groups excluding carboxylic acids is 2. The van der Waals surface area contributed by atoms with Crippen LogP contribution >= 0.6 is 0 Å². The third-order valence-electron chi connectivity index (χ3n) is 1.94. The third-order valence-corrected chi connectivity index (χ3v) is 1.94. The topological polar surface area (TPSA) is 62.8 Å². The van der Waals surface area contributed by atoms with E-state index in [1.807, 2.05) is 6.92 Å². The minimum Gasteiger partial charge on any atom is -1.00 e. The molecule has 0 aromatic carbocycles. The molecule has 0 spiro atoms. The molecule has 6 heteroatoms. The Morgan fingerprint density at radius 2 is 1.92 bits per heavy atom. The quantitative estimate of drug-likeness (QED) is 0.473. The lowest BCUT2D eigenvalue weighted by Crippen LogP contribution is -3.00. The Morgan fingerprint density at radius 1 is 1.42 bits per heavy atom. The summed E-state index contributed by atoms with van der Waals surface area (Å²) in [5.41, 5.74) is -0.558. The van der Waals surface area contributed by atoms with Crippen molar-refractivity contribution < 1.29 is 48.9 Å². The number of nitrogens with two attached hydrogens (primary N) is 1. The first-order valence-electron chi connectivity index (χ1n) is 3.30. The highest BCUT2D eigenvalue weighted by molar-refractivity contribution is 5.99. The minimum absolute atomic E-state index is 0. The zero-order valence-corrected chi connectivity index (χ0v) is 10.0. The Labute approximate surface area is 92.0 Å². The maximum absolute atomic E-state index is 11.0. The van der Waals surface area contributed by atoms with Crippen LogP contribution in [0.1, 0.15) is 20.3 Å². The van der Waals surface area contributed by atoms with Crippen LogP contribution in [-0.4, -0.2) is 17.5 Å². The lowest BCUT2D eigenvalue weighted by atomic mass is 10.0. The summed E-state index contributed by atoms with van der Waals surface area (Å²) in [6, 6.07) is -0.269. The van der Waals surface area contributed by atoms with E-state index in [1.165, 1.54) is 5.32 Å². The van der Waals surface area contributed by atoms with Crippen molar-refractivity contribution in [2.24, 2.45) is 0 Å². The van der Waals surface area contributed by atoms with Crippen LogP contribution in [0.5, 0.6) is 0 Å². The van der Waals surface area contributed by atoms with Gasteiger partial charge < -0.3 is 34.0 Å². The van der Waals surface area contributed by atoms with Gasteiger partial charge >= 0.3 is 6.03 Å². The molecule has 0 bridgehead atoms. The molecule has 72 valence electrons.